The molecule has 1 fully saturated rings. The Bertz CT molecular complexity index is 693. The zero-order valence-electron chi connectivity index (χ0n) is 13.8. The van der Waals surface area contributed by atoms with E-state index in [-0.39, 0.29) is 5.91 Å². The zero-order chi connectivity index (χ0) is 17.1. The van der Waals surface area contributed by atoms with E-state index in [4.69, 9.17) is 11.6 Å². The number of piperidine rings is 1. The quantitative estimate of drug-likeness (QED) is 0.840. The number of thioether (sulfide) groups is 1. The molecular formula is C17H21ClN4OS. The van der Waals surface area contributed by atoms with Crippen molar-refractivity contribution in [1.82, 2.24) is 20.1 Å². The highest BCUT2D eigenvalue weighted by Gasteiger charge is 2.25. The van der Waals surface area contributed by atoms with Crippen molar-refractivity contribution < 1.29 is 4.79 Å². The van der Waals surface area contributed by atoms with Crippen LogP contribution >= 0.6 is 23.4 Å². The van der Waals surface area contributed by atoms with Crippen LogP contribution in [0, 0.1) is 11.8 Å². The van der Waals surface area contributed by atoms with Gasteiger partial charge in [-0.25, -0.2) is 4.98 Å². The number of hydrogen-bond acceptors (Lipinski definition) is 4. The summed E-state index contributed by atoms with van der Waals surface area (Å²) in [6.07, 6.45) is 1.20. The van der Waals surface area contributed by atoms with Crippen LogP contribution in [0.3, 0.4) is 0 Å². The molecule has 1 saturated heterocycles. The molecule has 7 heteroatoms. The minimum Gasteiger partial charge on any atom is -0.341 e. The van der Waals surface area contributed by atoms with Gasteiger partial charge in [0.25, 0.3) is 0 Å². The molecule has 128 valence electrons. The van der Waals surface area contributed by atoms with E-state index in [0.29, 0.717) is 33.6 Å². The summed E-state index contributed by atoms with van der Waals surface area (Å²) in [6, 6.07) is 7.40. The number of halogens is 1. The van der Waals surface area contributed by atoms with Crippen molar-refractivity contribution in [1.29, 1.82) is 0 Å². The van der Waals surface area contributed by atoms with Crippen LogP contribution in [0.25, 0.3) is 11.4 Å². The first-order chi connectivity index (χ1) is 11.5. The highest BCUT2D eigenvalue weighted by molar-refractivity contribution is 7.99. The van der Waals surface area contributed by atoms with Crippen LogP contribution < -0.4 is 0 Å². The van der Waals surface area contributed by atoms with Gasteiger partial charge in [-0.2, -0.15) is 0 Å². The van der Waals surface area contributed by atoms with Crippen molar-refractivity contribution in [3.63, 3.8) is 0 Å². The molecule has 1 N–H and O–H groups in total. The maximum absolute atomic E-state index is 12.4. The highest BCUT2D eigenvalue weighted by atomic mass is 35.5. The van der Waals surface area contributed by atoms with E-state index in [9.17, 15) is 4.79 Å². The molecule has 0 saturated carbocycles. The Morgan fingerprint density at radius 1 is 1.29 bits per heavy atom. The van der Waals surface area contributed by atoms with Crippen LogP contribution in [0.4, 0.5) is 0 Å². The molecule has 2 aromatic rings. The van der Waals surface area contributed by atoms with Crippen LogP contribution in [0.5, 0.6) is 0 Å². The smallest absolute Gasteiger partial charge is 0.233 e. The summed E-state index contributed by atoms with van der Waals surface area (Å²) in [5.74, 6) is 2.36. The third-order valence-electron chi connectivity index (χ3n) is 4.13. The monoisotopic (exact) mass is 364 g/mol. The number of carbonyl (C=O) groups excluding carboxylic acids is 1. The number of nitrogens with zero attached hydrogens (tertiary/aromatic N) is 3. The number of rotatable bonds is 4. The van der Waals surface area contributed by atoms with Gasteiger partial charge in [-0.05, 0) is 42.5 Å². The Balaban J connectivity index is 1.57. The Morgan fingerprint density at radius 2 is 1.96 bits per heavy atom. The van der Waals surface area contributed by atoms with E-state index in [1.54, 1.807) is 0 Å². The minimum atomic E-state index is 0.163. The molecule has 0 aliphatic carbocycles. The molecule has 1 aliphatic rings. The van der Waals surface area contributed by atoms with Gasteiger partial charge in [-0.3, -0.25) is 9.89 Å². The first-order valence-corrected chi connectivity index (χ1v) is 9.46. The van der Waals surface area contributed by atoms with Gasteiger partial charge in [0.2, 0.25) is 11.1 Å². The lowest BCUT2D eigenvalue weighted by atomic mass is 9.92. The lowest BCUT2D eigenvalue weighted by molar-refractivity contribution is -0.130. The van der Waals surface area contributed by atoms with Crippen LogP contribution in [0.1, 0.15) is 20.3 Å². The first-order valence-electron chi connectivity index (χ1n) is 8.10. The topological polar surface area (TPSA) is 61.9 Å². The lowest BCUT2D eigenvalue weighted by Gasteiger charge is -2.34. The van der Waals surface area contributed by atoms with Crippen LogP contribution in [0.15, 0.2) is 29.4 Å². The van der Waals surface area contributed by atoms with Crippen molar-refractivity contribution >= 4 is 29.3 Å². The van der Waals surface area contributed by atoms with Crippen molar-refractivity contribution in [3.05, 3.63) is 29.3 Å². The average molecular weight is 365 g/mol. The zero-order valence-corrected chi connectivity index (χ0v) is 15.4. The van der Waals surface area contributed by atoms with Gasteiger partial charge in [0.1, 0.15) is 0 Å². The number of aromatic amines is 1. The van der Waals surface area contributed by atoms with Gasteiger partial charge < -0.3 is 4.90 Å². The molecule has 5 nitrogen and oxygen atoms in total. The summed E-state index contributed by atoms with van der Waals surface area (Å²) in [4.78, 5) is 18.8. The molecule has 24 heavy (non-hydrogen) atoms. The maximum Gasteiger partial charge on any atom is 0.233 e. The van der Waals surface area contributed by atoms with E-state index in [1.807, 2.05) is 29.2 Å². The van der Waals surface area contributed by atoms with E-state index in [2.05, 4.69) is 29.0 Å². The molecule has 2 unspecified atom stereocenters. The summed E-state index contributed by atoms with van der Waals surface area (Å²) < 4.78 is 0. The number of benzene rings is 1. The molecule has 1 aromatic heterocycles. The lowest BCUT2D eigenvalue weighted by Crippen LogP contribution is -2.43. The van der Waals surface area contributed by atoms with Gasteiger partial charge in [-0.1, -0.05) is 37.2 Å². The fourth-order valence-corrected chi connectivity index (χ4v) is 3.96. The van der Waals surface area contributed by atoms with Crippen molar-refractivity contribution in [2.45, 2.75) is 25.4 Å². The van der Waals surface area contributed by atoms with Gasteiger partial charge in [-0.15, -0.1) is 5.10 Å². The molecule has 1 aromatic carbocycles. The number of likely N-dealkylation sites (tertiary alicyclic amines) is 1. The van der Waals surface area contributed by atoms with E-state index in [1.165, 1.54) is 18.2 Å². The number of amides is 1. The minimum absolute atomic E-state index is 0.163. The second kappa shape index (κ2) is 7.57. The normalized spacial score (nSPS) is 21.0. The number of H-pyrrole nitrogens is 1. The third kappa shape index (κ3) is 4.30. The molecular weight excluding hydrogens is 344 g/mol. The third-order valence-corrected chi connectivity index (χ3v) is 5.21. The molecule has 2 atom stereocenters. The van der Waals surface area contributed by atoms with Crippen LogP contribution in [0.2, 0.25) is 5.02 Å². The van der Waals surface area contributed by atoms with E-state index in [0.717, 1.165) is 18.7 Å². The summed E-state index contributed by atoms with van der Waals surface area (Å²) in [5, 5.41) is 8.37. The predicted molar refractivity (Wildman–Crippen MR) is 97.1 cm³/mol. The van der Waals surface area contributed by atoms with Crippen LogP contribution in [-0.4, -0.2) is 44.8 Å². The average Bonchev–Trinajstić information content (AvgIpc) is 3.01. The Hall–Kier alpha value is -1.53. The van der Waals surface area contributed by atoms with E-state index >= 15 is 0 Å². The fourth-order valence-electron chi connectivity index (χ4n) is 3.13. The Labute approximate surface area is 151 Å². The standard InChI is InChI=1S/C17H21ClN4OS/c1-11-7-12(2)9-22(8-11)15(23)10-24-17-19-16(20-21-17)13-3-5-14(18)6-4-13/h3-6,11-12H,7-10H2,1-2H3,(H,19,20,21). The summed E-state index contributed by atoms with van der Waals surface area (Å²) in [5.41, 5.74) is 0.920. The SMILES string of the molecule is CC1CC(C)CN(C(=O)CSc2n[nH]c(-c3ccc(Cl)cc3)n2)C1. The second-order valence-electron chi connectivity index (χ2n) is 6.51. The number of carbonyl (C=O) groups is 1. The van der Waals surface area contributed by atoms with Crippen molar-refractivity contribution in [2.24, 2.45) is 11.8 Å². The molecule has 0 radical (unpaired) electrons. The first kappa shape index (κ1) is 17.3. The van der Waals surface area contributed by atoms with Crippen molar-refractivity contribution in [2.75, 3.05) is 18.8 Å². The second-order valence-corrected chi connectivity index (χ2v) is 7.89. The highest BCUT2D eigenvalue weighted by Crippen LogP contribution is 2.24. The number of hydrogen-bond donors (Lipinski definition) is 1. The van der Waals surface area contributed by atoms with Gasteiger partial charge in [0, 0.05) is 23.7 Å². The Morgan fingerprint density at radius 3 is 2.62 bits per heavy atom. The van der Waals surface area contributed by atoms with Crippen LogP contribution in [-0.2, 0) is 4.79 Å². The Kier molecular flexibility index (Phi) is 5.46. The van der Waals surface area contributed by atoms with Crippen molar-refractivity contribution in [3.8, 4) is 11.4 Å². The molecule has 0 spiro atoms. The molecule has 1 aliphatic heterocycles. The summed E-state index contributed by atoms with van der Waals surface area (Å²) in [6.45, 7) is 6.12. The maximum atomic E-state index is 12.4. The van der Waals surface area contributed by atoms with Gasteiger partial charge in [0.05, 0.1) is 5.75 Å². The molecule has 0 bridgehead atoms. The summed E-state index contributed by atoms with van der Waals surface area (Å²) in [7, 11) is 0. The van der Waals surface area contributed by atoms with E-state index < -0.39 is 0 Å². The molecule has 2 heterocycles. The molecule has 3 rings (SSSR count). The molecule has 1 amide bonds. The largest absolute Gasteiger partial charge is 0.341 e. The van der Waals surface area contributed by atoms with Gasteiger partial charge >= 0.3 is 0 Å². The number of aromatic nitrogens is 3. The summed E-state index contributed by atoms with van der Waals surface area (Å²) >= 11 is 7.26. The predicted octanol–water partition coefficient (Wildman–Crippen LogP) is 3.72. The number of nitrogens with one attached hydrogen (secondary N) is 1. The van der Waals surface area contributed by atoms with Gasteiger partial charge in [0.15, 0.2) is 5.82 Å². The fraction of sp³-hybridized carbons (Fsp3) is 0.471.